The summed E-state index contributed by atoms with van der Waals surface area (Å²) in [6.45, 7) is 2.14. The third kappa shape index (κ3) is 4.93. The Morgan fingerprint density at radius 3 is 2.38 bits per heavy atom. The van der Waals surface area contributed by atoms with Gasteiger partial charge in [-0.3, -0.25) is 0 Å². The molecule has 1 fully saturated rings. The van der Waals surface area contributed by atoms with E-state index in [9.17, 15) is 0 Å². The molecular weight excluding hydrogens is 424 g/mol. The number of aromatic nitrogens is 3. The molecule has 3 N–H and O–H groups in total. The second kappa shape index (κ2) is 9.79. The van der Waals surface area contributed by atoms with Crippen LogP contribution >= 0.6 is 0 Å². The molecule has 7 heteroatoms. The van der Waals surface area contributed by atoms with Crippen molar-refractivity contribution < 1.29 is 4.74 Å². The maximum atomic E-state index is 6.25. The SMILES string of the molecule is COc1ccc(-c2ccc(Nc3nccc(-c4cc(N)cc(N5CCCCC5)c4)n3)cc2)cn1. The molecule has 1 aliphatic heterocycles. The molecule has 0 bridgehead atoms. The summed E-state index contributed by atoms with van der Waals surface area (Å²) < 4.78 is 5.13. The Labute approximate surface area is 199 Å². The van der Waals surface area contributed by atoms with Crippen LogP contribution in [0.2, 0.25) is 0 Å². The first-order valence-electron chi connectivity index (χ1n) is 11.5. The van der Waals surface area contributed by atoms with Crippen molar-refractivity contribution in [2.45, 2.75) is 19.3 Å². The van der Waals surface area contributed by atoms with Crippen molar-refractivity contribution in [2.75, 3.05) is 36.1 Å². The predicted octanol–water partition coefficient (Wildman–Crippen LogP) is 5.53. The minimum absolute atomic E-state index is 0.540. The first-order valence-corrected chi connectivity index (χ1v) is 11.5. The molecule has 7 nitrogen and oxygen atoms in total. The van der Waals surface area contributed by atoms with Crippen molar-refractivity contribution >= 4 is 23.0 Å². The number of ether oxygens (including phenoxy) is 1. The number of nitrogens with two attached hydrogens (primary N) is 1. The summed E-state index contributed by atoms with van der Waals surface area (Å²) in [7, 11) is 1.61. The molecule has 2 aromatic heterocycles. The summed E-state index contributed by atoms with van der Waals surface area (Å²) in [6, 6.07) is 20.0. The molecule has 4 aromatic rings. The molecular formula is C27H28N6O. The van der Waals surface area contributed by atoms with Crippen LogP contribution in [0.3, 0.4) is 0 Å². The van der Waals surface area contributed by atoms with E-state index in [2.05, 4.69) is 32.3 Å². The highest BCUT2D eigenvalue weighted by Crippen LogP contribution is 2.30. The minimum Gasteiger partial charge on any atom is -0.481 e. The van der Waals surface area contributed by atoms with Gasteiger partial charge in [0.05, 0.1) is 12.8 Å². The Morgan fingerprint density at radius 1 is 0.853 bits per heavy atom. The monoisotopic (exact) mass is 452 g/mol. The first kappa shape index (κ1) is 21.7. The van der Waals surface area contributed by atoms with Gasteiger partial charge in [-0.15, -0.1) is 0 Å². The van der Waals surface area contributed by atoms with Gasteiger partial charge in [-0.25, -0.2) is 15.0 Å². The number of methoxy groups -OCH3 is 1. The maximum Gasteiger partial charge on any atom is 0.227 e. The van der Waals surface area contributed by atoms with Gasteiger partial charge in [0.1, 0.15) is 0 Å². The highest BCUT2D eigenvalue weighted by molar-refractivity contribution is 5.73. The normalized spacial score (nSPS) is 13.5. The quantitative estimate of drug-likeness (QED) is 0.372. The van der Waals surface area contributed by atoms with Crippen molar-refractivity contribution in [2.24, 2.45) is 0 Å². The van der Waals surface area contributed by atoms with Crippen molar-refractivity contribution in [3.05, 3.63) is 73.1 Å². The Morgan fingerprint density at radius 2 is 1.65 bits per heavy atom. The van der Waals surface area contributed by atoms with Gasteiger partial charge in [0.25, 0.3) is 0 Å². The zero-order chi connectivity index (χ0) is 23.3. The summed E-state index contributed by atoms with van der Waals surface area (Å²) in [4.78, 5) is 15.8. The number of hydrogen-bond acceptors (Lipinski definition) is 7. The van der Waals surface area contributed by atoms with Crippen LogP contribution in [0.25, 0.3) is 22.4 Å². The summed E-state index contributed by atoms with van der Waals surface area (Å²) in [5.74, 6) is 1.14. The molecule has 1 saturated heterocycles. The Kier molecular flexibility index (Phi) is 6.25. The lowest BCUT2D eigenvalue weighted by atomic mass is 10.1. The third-order valence-electron chi connectivity index (χ3n) is 6.03. The Balaban J connectivity index is 1.34. The number of rotatable bonds is 6. The van der Waals surface area contributed by atoms with E-state index in [0.29, 0.717) is 11.8 Å². The number of piperidine rings is 1. The molecule has 172 valence electrons. The van der Waals surface area contributed by atoms with E-state index in [1.165, 1.54) is 19.3 Å². The molecule has 0 spiro atoms. The molecule has 0 aliphatic carbocycles. The molecule has 5 rings (SSSR count). The molecule has 3 heterocycles. The van der Waals surface area contributed by atoms with E-state index < -0.39 is 0 Å². The van der Waals surface area contributed by atoms with E-state index >= 15 is 0 Å². The van der Waals surface area contributed by atoms with Gasteiger partial charge < -0.3 is 20.7 Å². The van der Waals surface area contributed by atoms with Crippen LogP contribution in [0.4, 0.5) is 23.0 Å². The van der Waals surface area contributed by atoms with Gasteiger partial charge in [0.15, 0.2) is 0 Å². The van der Waals surface area contributed by atoms with E-state index in [-0.39, 0.29) is 0 Å². The number of nitrogen functional groups attached to an aromatic ring is 1. The van der Waals surface area contributed by atoms with Gasteiger partial charge in [-0.05, 0) is 67.3 Å². The predicted molar refractivity (Wildman–Crippen MR) is 137 cm³/mol. The summed E-state index contributed by atoms with van der Waals surface area (Å²) in [5, 5.41) is 3.30. The number of benzene rings is 2. The van der Waals surface area contributed by atoms with Crippen LogP contribution in [0.1, 0.15) is 19.3 Å². The highest BCUT2D eigenvalue weighted by atomic mass is 16.5. The third-order valence-corrected chi connectivity index (χ3v) is 6.03. The number of pyridine rings is 1. The maximum absolute atomic E-state index is 6.25. The second-order valence-corrected chi connectivity index (χ2v) is 8.42. The van der Waals surface area contributed by atoms with Crippen LogP contribution in [0.5, 0.6) is 5.88 Å². The van der Waals surface area contributed by atoms with E-state index in [1.807, 2.05) is 48.5 Å². The van der Waals surface area contributed by atoms with E-state index in [0.717, 1.165) is 52.5 Å². The van der Waals surface area contributed by atoms with Crippen molar-refractivity contribution in [3.8, 4) is 28.3 Å². The molecule has 2 aromatic carbocycles. The van der Waals surface area contributed by atoms with Crippen molar-refractivity contribution in [1.29, 1.82) is 0 Å². The smallest absolute Gasteiger partial charge is 0.227 e. The largest absolute Gasteiger partial charge is 0.481 e. The molecule has 0 radical (unpaired) electrons. The molecule has 0 atom stereocenters. The van der Waals surface area contributed by atoms with Crippen LogP contribution in [-0.2, 0) is 0 Å². The molecule has 34 heavy (non-hydrogen) atoms. The number of anilines is 4. The van der Waals surface area contributed by atoms with E-state index in [4.69, 9.17) is 15.5 Å². The van der Waals surface area contributed by atoms with Crippen molar-refractivity contribution in [3.63, 3.8) is 0 Å². The molecule has 0 saturated carbocycles. The van der Waals surface area contributed by atoms with Gasteiger partial charge in [-0.1, -0.05) is 12.1 Å². The number of nitrogens with one attached hydrogen (secondary N) is 1. The van der Waals surface area contributed by atoms with Crippen LogP contribution in [0, 0.1) is 0 Å². The average molecular weight is 453 g/mol. The average Bonchev–Trinajstić information content (AvgIpc) is 2.89. The fraction of sp³-hybridized carbons (Fsp3) is 0.222. The fourth-order valence-electron chi connectivity index (χ4n) is 4.24. The van der Waals surface area contributed by atoms with Gasteiger partial charge >= 0.3 is 0 Å². The summed E-state index contributed by atoms with van der Waals surface area (Å²) in [5.41, 5.74) is 13.0. The standard InChI is InChI=1S/C27H28N6O/c1-34-26-10-7-20(18-30-26)19-5-8-23(9-6-19)31-27-29-12-11-25(32-27)21-15-22(28)17-24(16-21)33-13-3-2-4-14-33/h5-12,15-18H,2-4,13-14,28H2,1H3,(H,29,31,32). The van der Waals surface area contributed by atoms with Gasteiger partial charge in [-0.2, -0.15) is 0 Å². The number of nitrogens with zero attached hydrogens (tertiary/aromatic N) is 4. The van der Waals surface area contributed by atoms with Gasteiger partial charge in [0, 0.05) is 59.7 Å². The first-order chi connectivity index (χ1) is 16.7. The van der Waals surface area contributed by atoms with Crippen LogP contribution < -0.4 is 20.7 Å². The second-order valence-electron chi connectivity index (χ2n) is 8.42. The van der Waals surface area contributed by atoms with E-state index in [1.54, 1.807) is 19.5 Å². The minimum atomic E-state index is 0.540. The highest BCUT2D eigenvalue weighted by Gasteiger charge is 2.13. The summed E-state index contributed by atoms with van der Waals surface area (Å²) in [6.07, 6.45) is 7.31. The van der Waals surface area contributed by atoms with Crippen LogP contribution in [0.15, 0.2) is 73.1 Å². The Bertz CT molecular complexity index is 1250. The zero-order valence-electron chi connectivity index (χ0n) is 19.2. The molecule has 0 unspecified atom stereocenters. The topological polar surface area (TPSA) is 89.2 Å². The number of hydrogen-bond donors (Lipinski definition) is 2. The summed E-state index contributed by atoms with van der Waals surface area (Å²) >= 11 is 0. The lowest BCUT2D eigenvalue weighted by Gasteiger charge is -2.29. The van der Waals surface area contributed by atoms with Crippen LogP contribution in [-0.4, -0.2) is 35.2 Å². The lowest BCUT2D eigenvalue weighted by Crippen LogP contribution is -2.29. The molecule has 0 amide bonds. The van der Waals surface area contributed by atoms with Crippen molar-refractivity contribution in [1.82, 2.24) is 15.0 Å². The molecule has 1 aliphatic rings. The Hall–Kier alpha value is -4.13. The zero-order valence-corrected chi connectivity index (χ0v) is 19.2. The lowest BCUT2D eigenvalue weighted by molar-refractivity contribution is 0.398. The van der Waals surface area contributed by atoms with Gasteiger partial charge in [0.2, 0.25) is 11.8 Å². The fourth-order valence-corrected chi connectivity index (χ4v) is 4.24.